The standard InChI is InChI=1S/C21H22N4O/c1-24(13-15-11-23-25(2)14-15)21(26)12-22-18-7-8-20-17(10-18)9-16-5-3-4-6-19(16)20/h3-8,10-11,14,22H,9,12-13H2,1-2H3. The van der Waals surface area contributed by atoms with Gasteiger partial charge < -0.3 is 10.2 Å². The Hall–Kier alpha value is -3.08. The van der Waals surface area contributed by atoms with Crippen LogP contribution < -0.4 is 5.32 Å². The first-order valence-corrected chi connectivity index (χ1v) is 8.77. The van der Waals surface area contributed by atoms with Gasteiger partial charge in [-0.05, 0) is 40.8 Å². The van der Waals surface area contributed by atoms with E-state index in [2.05, 4.69) is 52.9 Å². The van der Waals surface area contributed by atoms with Gasteiger partial charge >= 0.3 is 0 Å². The SMILES string of the molecule is CN(Cc1cnn(C)c1)C(=O)CNc1ccc2c(c1)Cc1ccccc1-2. The number of benzene rings is 2. The van der Waals surface area contributed by atoms with Gasteiger partial charge in [0.05, 0.1) is 12.7 Å². The van der Waals surface area contributed by atoms with Gasteiger partial charge in [0.2, 0.25) is 5.91 Å². The van der Waals surface area contributed by atoms with E-state index in [1.54, 1.807) is 15.8 Å². The highest BCUT2D eigenvalue weighted by molar-refractivity contribution is 5.82. The Bertz CT molecular complexity index is 960. The molecule has 1 heterocycles. The molecule has 4 rings (SSSR count). The molecule has 0 bridgehead atoms. The molecule has 132 valence electrons. The van der Waals surface area contributed by atoms with E-state index in [1.165, 1.54) is 22.3 Å². The van der Waals surface area contributed by atoms with Crippen molar-refractivity contribution < 1.29 is 4.79 Å². The number of carbonyl (C=O) groups is 1. The summed E-state index contributed by atoms with van der Waals surface area (Å²) in [7, 11) is 3.69. The molecule has 26 heavy (non-hydrogen) atoms. The van der Waals surface area contributed by atoms with Gasteiger partial charge in [-0.3, -0.25) is 9.48 Å². The summed E-state index contributed by atoms with van der Waals surface area (Å²) < 4.78 is 1.74. The molecule has 3 aromatic rings. The Morgan fingerprint density at radius 1 is 1.19 bits per heavy atom. The summed E-state index contributed by atoms with van der Waals surface area (Å²) in [6.07, 6.45) is 4.67. The first kappa shape index (κ1) is 16.4. The quantitative estimate of drug-likeness (QED) is 0.604. The number of anilines is 1. The molecule has 1 amide bonds. The van der Waals surface area contributed by atoms with Crippen molar-refractivity contribution in [2.24, 2.45) is 7.05 Å². The number of rotatable bonds is 5. The van der Waals surface area contributed by atoms with Crippen LogP contribution in [0.15, 0.2) is 54.9 Å². The third-order valence-corrected chi connectivity index (χ3v) is 4.84. The number of nitrogens with zero attached hydrogens (tertiary/aromatic N) is 3. The molecule has 0 saturated carbocycles. The molecule has 0 saturated heterocycles. The number of carbonyl (C=O) groups excluding carboxylic acids is 1. The van der Waals surface area contributed by atoms with Gasteiger partial charge in [0.15, 0.2) is 0 Å². The number of aromatic nitrogens is 2. The van der Waals surface area contributed by atoms with Crippen LogP contribution in [0.3, 0.4) is 0 Å². The van der Waals surface area contributed by atoms with Crippen molar-refractivity contribution in [2.45, 2.75) is 13.0 Å². The number of aryl methyl sites for hydroxylation is 1. The van der Waals surface area contributed by atoms with Crippen molar-refractivity contribution in [2.75, 3.05) is 18.9 Å². The highest BCUT2D eigenvalue weighted by Crippen LogP contribution is 2.37. The van der Waals surface area contributed by atoms with Crippen LogP contribution in [0, 0.1) is 0 Å². The van der Waals surface area contributed by atoms with Crippen LogP contribution in [0.2, 0.25) is 0 Å². The monoisotopic (exact) mass is 346 g/mol. The largest absolute Gasteiger partial charge is 0.376 e. The topological polar surface area (TPSA) is 50.2 Å². The van der Waals surface area contributed by atoms with E-state index in [0.29, 0.717) is 6.54 Å². The third-order valence-electron chi connectivity index (χ3n) is 4.84. The van der Waals surface area contributed by atoms with Gasteiger partial charge in [0.1, 0.15) is 0 Å². The van der Waals surface area contributed by atoms with Crippen molar-refractivity contribution in [1.82, 2.24) is 14.7 Å². The lowest BCUT2D eigenvalue weighted by Gasteiger charge is -2.17. The van der Waals surface area contributed by atoms with Crippen molar-refractivity contribution in [3.63, 3.8) is 0 Å². The Morgan fingerprint density at radius 2 is 2.00 bits per heavy atom. The molecule has 5 heteroatoms. The van der Waals surface area contributed by atoms with E-state index in [-0.39, 0.29) is 12.5 Å². The fourth-order valence-electron chi connectivity index (χ4n) is 3.48. The van der Waals surface area contributed by atoms with Crippen molar-refractivity contribution in [1.29, 1.82) is 0 Å². The van der Waals surface area contributed by atoms with Crippen LogP contribution in [0.25, 0.3) is 11.1 Å². The van der Waals surface area contributed by atoms with Crippen molar-refractivity contribution in [3.05, 3.63) is 71.5 Å². The van der Waals surface area contributed by atoms with E-state index < -0.39 is 0 Å². The fourth-order valence-corrected chi connectivity index (χ4v) is 3.48. The molecule has 1 aliphatic carbocycles. The number of likely N-dealkylation sites (N-methyl/N-ethyl adjacent to an activating group) is 1. The molecule has 1 N–H and O–H groups in total. The van der Waals surface area contributed by atoms with Crippen LogP contribution in [0.1, 0.15) is 16.7 Å². The normalized spacial score (nSPS) is 11.8. The molecule has 0 spiro atoms. The smallest absolute Gasteiger partial charge is 0.241 e. The molecular weight excluding hydrogens is 324 g/mol. The van der Waals surface area contributed by atoms with E-state index in [4.69, 9.17) is 0 Å². The van der Waals surface area contributed by atoms with Gasteiger partial charge in [-0.1, -0.05) is 30.3 Å². The lowest BCUT2D eigenvalue weighted by atomic mass is 10.1. The number of fused-ring (bicyclic) bond motifs is 3. The van der Waals surface area contributed by atoms with Gasteiger partial charge in [-0.25, -0.2) is 0 Å². The number of hydrogen-bond acceptors (Lipinski definition) is 3. The minimum absolute atomic E-state index is 0.0534. The molecule has 0 unspecified atom stereocenters. The predicted octanol–water partition coefficient (Wildman–Crippen LogP) is 3.06. The molecule has 1 aromatic heterocycles. The first-order chi connectivity index (χ1) is 12.6. The molecule has 1 aliphatic rings. The zero-order valence-electron chi connectivity index (χ0n) is 15.1. The minimum Gasteiger partial charge on any atom is -0.376 e. The average Bonchev–Trinajstić information content (AvgIpc) is 3.22. The van der Waals surface area contributed by atoms with E-state index in [0.717, 1.165) is 17.7 Å². The molecule has 2 aromatic carbocycles. The number of hydrogen-bond donors (Lipinski definition) is 1. The van der Waals surface area contributed by atoms with Gasteiger partial charge in [-0.2, -0.15) is 5.10 Å². The van der Waals surface area contributed by atoms with Gasteiger partial charge in [-0.15, -0.1) is 0 Å². The maximum absolute atomic E-state index is 12.4. The number of nitrogens with one attached hydrogen (secondary N) is 1. The van der Waals surface area contributed by atoms with Crippen molar-refractivity contribution in [3.8, 4) is 11.1 Å². The Morgan fingerprint density at radius 3 is 2.81 bits per heavy atom. The minimum atomic E-state index is 0.0534. The van der Waals surface area contributed by atoms with E-state index in [9.17, 15) is 4.79 Å². The number of amides is 1. The van der Waals surface area contributed by atoms with Crippen molar-refractivity contribution >= 4 is 11.6 Å². The Kier molecular flexibility index (Phi) is 4.21. The second kappa shape index (κ2) is 6.67. The average molecular weight is 346 g/mol. The molecule has 0 aliphatic heterocycles. The maximum Gasteiger partial charge on any atom is 0.241 e. The zero-order chi connectivity index (χ0) is 18.1. The summed E-state index contributed by atoms with van der Waals surface area (Å²) in [6.45, 7) is 0.844. The highest BCUT2D eigenvalue weighted by atomic mass is 16.2. The summed E-state index contributed by atoms with van der Waals surface area (Å²) in [4.78, 5) is 14.1. The second-order valence-corrected chi connectivity index (χ2v) is 6.83. The van der Waals surface area contributed by atoms with E-state index in [1.807, 2.05) is 20.3 Å². The summed E-state index contributed by atoms with van der Waals surface area (Å²) in [5, 5.41) is 7.40. The summed E-state index contributed by atoms with van der Waals surface area (Å²) in [5.41, 5.74) is 7.31. The molecule has 5 nitrogen and oxygen atoms in total. The predicted molar refractivity (Wildman–Crippen MR) is 103 cm³/mol. The van der Waals surface area contributed by atoms with Crippen LogP contribution in [0.5, 0.6) is 0 Å². The second-order valence-electron chi connectivity index (χ2n) is 6.83. The van der Waals surface area contributed by atoms with Crippen LogP contribution in [-0.2, 0) is 24.8 Å². The lowest BCUT2D eigenvalue weighted by Crippen LogP contribution is -2.31. The Labute approximate surface area is 153 Å². The zero-order valence-corrected chi connectivity index (χ0v) is 15.1. The first-order valence-electron chi connectivity index (χ1n) is 8.77. The molecule has 0 atom stereocenters. The van der Waals surface area contributed by atoms with Gasteiger partial charge in [0.25, 0.3) is 0 Å². The lowest BCUT2D eigenvalue weighted by molar-refractivity contribution is -0.128. The van der Waals surface area contributed by atoms with E-state index >= 15 is 0 Å². The van der Waals surface area contributed by atoms with Crippen LogP contribution in [0.4, 0.5) is 5.69 Å². The van der Waals surface area contributed by atoms with Crippen LogP contribution >= 0.6 is 0 Å². The molecular formula is C21H22N4O. The van der Waals surface area contributed by atoms with Gasteiger partial charge in [0, 0.05) is 38.1 Å². The Balaban J connectivity index is 1.38. The summed E-state index contributed by atoms with van der Waals surface area (Å²) >= 11 is 0. The van der Waals surface area contributed by atoms with Crippen LogP contribution in [-0.4, -0.2) is 34.2 Å². The fraction of sp³-hybridized carbons (Fsp3) is 0.238. The maximum atomic E-state index is 12.4. The molecule has 0 radical (unpaired) electrons. The summed E-state index contributed by atoms with van der Waals surface area (Å²) in [5.74, 6) is 0.0534. The highest BCUT2D eigenvalue weighted by Gasteiger charge is 2.18. The molecule has 0 fully saturated rings. The third kappa shape index (κ3) is 3.20. The summed E-state index contributed by atoms with van der Waals surface area (Å²) in [6, 6.07) is 14.9.